The lowest BCUT2D eigenvalue weighted by Crippen LogP contribution is -3.00. The number of carbonyl (C=O) groups is 1. The summed E-state index contributed by atoms with van der Waals surface area (Å²) in [5.41, 5.74) is 0.586. The number of ketones is 1. The summed E-state index contributed by atoms with van der Waals surface area (Å²) in [6.07, 6.45) is 1.34. The van der Waals surface area contributed by atoms with Crippen molar-refractivity contribution >= 4 is 22.4 Å². The minimum absolute atomic E-state index is 0. The molecular weight excluding hydrogens is 402 g/mol. The molecule has 0 saturated carbocycles. The van der Waals surface area contributed by atoms with Crippen LogP contribution in [0.2, 0.25) is 0 Å². The molecule has 26 heavy (non-hydrogen) atoms. The SMILES string of the molecule is Cc1n(CCO)c([N+](=O)[O-])c[n+]1CC(=O)c1cccc2ccccc12.[Br-]. The van der Waals surface area contributed by atoms with E-state index in [0.717, 1.165) is 10.8 Å². The van der Waals surface area contributed by atoms with Crippen LogP contribution in [0.15, 0.2) is 48.7 Å². The number of halogens is 1. The molecule has 0 aliphatic rings. The molecule has 0 aliphatic heterocycles. The molecule has 3 aromatic rings. The van der Waals surface area contributed by atoms with E-state index in [-0.39, 0.29) is 48.3 Å². The molecule has 136 valence electrons. The van der Waals surface area contributed by atoms with E-state index in [2.05, 4.69) is 0 Å². The number of aliphatic hydroxyl groups excluding tert-OH is 1. The number of imidazole rings is 1. The first-order valence-electron chi connectivity index (χ1n) is 7.88. The number of rotatable bonds is 6. The van der Waals surface area contributed by atoms with Crippen molar-refractivity contribution in [2.24, 2.45) is 0 Å². The molecule has 1 N–H and O–H groups in total. The molecular formula is C18H18BrN3O4. The maximum absolute atomic E-state index is 12.8. The van der Waals surface area contributed by atoms with Crippen molar-refractivity contribution in [1.29, 1.82) is 0 Å². The molecule has 0 saturated heterocycles. The van der Waals surface area contributed by atoms with Gasteiger partial charge in [0.05, 0.1) is 6.61 Å². The van der Waals surface area contributed by atoms with Crippen LogP contribution in [0.4, 0.5) is 5.82 Å². The molecule has 0 fully saturated rings. The topological polar surface area (TPSA) is 89.2 Å². The van der Waals surface area contributed by atoms with Gasteiger partial charge in [0.1, 0.15) is 6.54 Å². The molecule has 0 amide bonds. The summed E-state index contributed by atoms with van der Waals surface area (Å²) >= 11 is 0. The number of fused-ring (bicyclic) bond motifs is 1. The van der Waals surface area contributed by atoms with Crippen LogP contribution in [0.25, 0.3) is 10.8 Å². The van der Waals surface area contributed by atoms with Crippen LogP contribution in [-0.2, 0) is 13.1 Å². The Kier molecular flexibility index (Phi) is 6.23. The number of hydrogen-bond donors (Lipinski definition) is 1. The van der Waals surface area contributed by atoms with Crippen LogP contribution in [0.5, 0.6) is 0 Å². The number of carbonyl (C=O) groups excluding carboxylic acids is 1. The highest BCUT2D eigenvalue weighted by Crippen LogP contribution is 2.19. The zero-order valence-corrected chi connectivity index (χ0v) is 15.7. The summed E-state index contributed by atoms with van der Waals surface area (Å²) in [6.45, 7) is 1.59. The molecule has 7 nitrogen and oxygen atoms in total. The summed E-state index contributed by atoms with van der Waals surface area (Å²) in [5, 5.41) is 22.1. The van der Waals surface area contributed by atoms with Crippen LogP contribution < -0.4 is 21.5 Å². The molecule has 1 heterocycles. The molecule has 0 radical (unpaired) electrons. The number of nitro groups is 1. The highest BCUT2D eigenvalue weighted by atomic mass is 79.9. The lowest BCUT2D eigenvalue weighted by molar-refractivity contribution is -0.689. The summed E-state index contributed by atoms with van der Waals surface area (Å²) in [5.74, 6) is 0.285. The fourth-order valence-corrected chi connectivity index (χ4v) is 3.01. The second-order valence-corrected chi connectivity index (χ2v) is 5.74. The van der Waals surface area contributed by atoms with Crippen LogP contribution in [-0.4, -0.2) is 27.0 Å². The molecule has 0 atom stereocenters. The molecule has 0 aliphatic carbocycles. The van der Waals surface area contributed by atoms with E-state index >= 15 is 0 Å². The number of aromatic nitrogens is 2. The van der Waals surface area contributed by atoms with Crippen LogP contribution >= 0.6 is 0 Å². The number of nitrogens with zero attached hydrogens (tertiary/aromatic N) is 3. The van der Waals surface area contributed by atoms with Crippen molar-refractivity contribution in [2.75, 3.05) is 6.61 Å². The second kappa shape index (κ2) is 8.20. The fraction of sp³-hybridized carbons (Fsp3) is 0.222. The molecule has 3 rings (SSSR count). The van der Waals surface area contributed by atoms with Gasteiger partial charge in [-0.3, -0.25) is 4.79 Å². The lowest BCUT2D eigenvalue weighted by atomic mass is 10.0. The molecule has 0 bridgehead atoms. The van der Waals surface area contributed by atoms with Gasteiger partial charge in [0.25, 0.3) is 5.82 Å². The largest absolute Gasteiger partial charge is 1.00 e. The predicted octanol–water partition coefficient (Wildman–Crippen LogP) is -0.975. The highest BCUT2D eigenvalue weighted by molar-refractivity contribution is 6.07. The maximum Gasteiger partial charge on any atom is 0.365 e. The van der Waals surface area contributed by atoms with Gasteiger partial charge in [-0.2, -0.15) is 4.57 Å². The Morgan fingerprint density at radius 3 is 2.62 bits per heavy atom. The summed E-state index contributed by atoms with van der Waals surface area (Å²) in [6, 6.07) is 13.1. The first-order chi connectivity index (χ1) is 12.0. The van der Waals surface area contributed by atoms with Crippen molar-refractivity contribution in [3.8, 4) is 0 Å². The van der Waals surface area contributed by atoms with Crippen molar-refractivity contribution in [1.82, 2.24) is 4.57 Å². The Balaban J connectivity index is 0.00000243. The highest BCUT2D eigenvalue weighted by Gasteiger charge is 2.25. The Hall–Kier alpha value is -2.58. The van der Waals surface area contributed by atoms with Gasteiger partial charge in [-0.15, -0.1) is 0 Å². The van der Waals surface area contributed by atoms with Crippen LogP contribution in [0.1, 0.15) is 16.2 Å². The zero-order chi connectivity index (χ0) is 18.0. The van der Waals surface area contributed by atoms with E-state index in [9.17, 15) is 14.9 Å². The third-order valence-corrected chi connectivity index (χ3v) is 4.27. The van der Waals surface area contributed by atoms with Gasteiger partial charge in [-0.1, -0.05) is 42.5 Å². The number of hydrogen-bond acceptors (Lipinski definition) is 4. The van der Waals surface area contributed by atoms with Crippen molar-refractivity contribution in [3.63, 3.8) is 0 Å². The quantitative estimate of drug-likeness (QED) is 0.241. The second-order valence-electron chi connectivity index (χ2n) is 5.74. The predicted molar refractivity (Wildman–Crippen MR) is 91.4 cm³/mol. The number of aliphatic hydroxyl groups is 1. The minimum Gasteiger partial charge on any atom is -1.00 e. The molecule has 0 unspecified atom stereocenters. The third-order valence-electron chi connectivity index (χ3n) is 4.27. The average Bonchev–Trinajstić information content (AvgIpc) is 2.91. The smallest absolute Gasteiger partial charge is 0.365 e. The fourth-order valence-electron chi connectivity index (χ4n) is 3.01. The van der Waals surface area contributed by atoms with Gasteiger partial charge in [0.15, 0.2) is 12.7 Å². The van der Waals surface area contributed by atoms with Gasteiger partial charge >= 0.3 is 5.82 Å². The van der Waals surface area contributed by atoms with Gasteiger partial charge in [-0.05, 0) is 15.7 Å². The number of benzene rings is 2. The summed E-state index contributed by atoms with van der Waals surface area (Å²) in [4.78, 5) is 23.5. The van der Waals surface area contributed by atoms with Crippen molar-refractivity contribution < 1.29 is 36.4 Å². The first-order valence-corrected chi connectivity index (χ1v) is 7.88. The average molecular weight is 420 g/mol. The van der Waals surface area contributed by atoms with E-state index in [0.29, 0.717) is 11.4 Å². The maximum atomic E-state index is 12.8. The van der Waals surface area contributed by atoms with E-state index in [1.807, 2.05) is 36.4 Å². The molecule has 0 spiro atoms. The monoisotopic (exact) mass is 419 g/mol. The van der Waals surface area contributed by atoms with E-state index in [1.54, 1.807) is 17.6 Å². The molecule has 2 aromatic carbocycles. The lowest BCUT2D eigenvalue weighted by Gasteiger charge is -2.05. The third kappa shape index (κ3) is 3.66. The Bertz CT molecular complexity index is 963. The minimum atomic E-state index is -0.512. The molecule has 1 aromatic heterocycles. The van der Waals surface area contributed by atoms with E-state index in [1.165, 1.54) is 10.8 Å². The van der Waals surface area contributed by atoms with Gasteiger partial charge in [0.2, 0.25) is 5.78 Å². The number of Topliss-reactive ketones (excluding diaryl/α,β-unsaturated/α-hetero) is 1. The van der Waals surface area contributed by atoms with E-state index in [4.69, 9.17) is 5.11 Å². The van der Waals surface area contributed by atoms with Crippen molar-refractivity contribution in [3.05, 3.63) is 70.2 Å². The van der Waals surface area contributed by atoms with Gasteiger partial charge < -0.3 is 32.2 Å². The van der Waals surface area contributed by atoms with E-state index < -0.39 is 4.92 Å². The van der Waals surface area contributed by atoms with Gasteiger partial charge in [-0.25, -0.2) is 4.57 Å². The van der Waals surface area contributed by atoms with Crippen LogP contribution in [0, 0.1) is 17.0 Å². The van der Waals surface area contributed by atoms with Crippen molar-refractivity contribution in [2.45, 2.75) is 20.0 Å². The van der Waals surface area contributed by atoms with Gasteiger partial charge in [0, 0.05) is 12.5 Å². The standard InChI is InChI=1S/C18H18N3O4.BrH/c1-13-19(12-18(21(24)25)20(13)9-10-22)11-17(23)16-8-4-6-14-5-2-3-7-15(14)16;/h2-8,12,22H,9-11H2,1H3;1H/q+1;/p-1. The summed E-state index contributed by atoms with van der Waals surface area (Å²) < 4.78 is 2.95. The Morgan fingerprint density at radius 2 is 1.92 bits per heavy atom. The normalized spacial score (nSPS) is 10.5. The molecule has 8 heteroatoms. The Morgan fingerprint density at radius 1 is 1.23 bits per heavy atom. The van der Waals surface area contributed by atoms with Crippen LogP contribution in [0.3, 0.4) is 0 Å². The summed E-state index contributed by atoms with van der Waals surface area (Å²) in [7, 11) is 0. The first kappa shape index (κ1) is 19.7. The Labute approximate surface area is 160 Å². The zero-order valence-electron chi connectivity index (χ0n) is 14.1.